The lowest BCUT2D eigenvalue weighted by atomic mass is 10.3. The molecule has 11 heavy (non-hydrogen) atoms. The van der Waals surface area contributed by atoms with Gasteiger partial charge < -0.3 is 14.2 Å². The van der Waals surface area contributed by atoms with Crippen LogP contribution in [0, 0.1) is 0 Å². The molecule has 1 aromatic rings. The lowest BCUT2D eigenvalue weighted by molar-refractivity contribution is 0.174. The zero-order valence-electron chi connectivity index (χ0n) is 5.78. The molecule has 0 aromatic carbocycles. The first-order chi connectivity index (χ1) is 5.45. The lowest BCUT2D eigenvalue weighted by Crippen LogP contribution is -2.12. The minimum absolute atomic E-state index is 0.638. The second-order valence-corrected chi connectivity index (χ2v) is 2.68. The van der Waals surface area contributed by atoms with Crippen molar-refractivity contribution >= 4 is 5.70 Å². The summed E-state index contributed by atoms with van der Waals surface area (Å²) in [6.45, 7) is 1.50. The fraction of sp³-hybridized carbons (Fsp3) is 0.286. The Morgan fingerprint density at radius 1 is 1.55 bits per heavy atom. The first-order valence-electron chi connectivity index (χ1n) is 3.46. The predicted octanol–water partition coefficient (Wildman–Crippen LogP) is 0.776. The summed E-state index contributed by atoms with van der Waals surface area (Å²) >= 11 is 0. The summed E-state index contributed by atoms with van der Waals surface area (Å²) in [5, 5.41) is 3.71. The Hall–Kier alpha value is -1.45. The van der Waals surface area contributed by atoms with Crippen LogP contribution in [0.4, 0.5) is 0 Å². The Balaban J connectivity index is 2.20. The van der Waals surface area contributed by atoms with Gasteiger partial charge in [0, 0.05) is 5.56 Å². The second kappa shape index (κ2) is 1.58. The van der Waals surface area contributed by atoms with E-state index in [1.54, 1.807) is 12.5 Å². The average molecular weight is 150 g/mol. The zero-order valence-corrected chi connectivity index (χ0v) is 5.78. The summed E-state index contributed by atoms with van der Waals surface area (Å²) in [5.74, 6) is 0.863. The summed E-state index contributed by atoms with van der Waals surface area (Å²) in [6, 6.07) is 0. The molecule has 0 atom stereocenters. The van der Waals surface area contributed by atoms with E-state index in [0.29, 0.717) is 6.73 Å². The van der Waals surface area contributed by atoms with E-state index in [1.807, 2.05) is 0 Å². The van der Waals surface area contributed by atoms with Gasteiger partial charge in [0.05, 0.1) is 12.7 Å². The molecule has 0 amide bonds. The van der Waals surface area contributed by atoms with E-state index < -0.39 is 0 Å². The number of aromatic nitrogens is 1. The molecule has 0 spiro atoms. The second-order valence-electron chi connectivity index (χ2n) is 2.68. The van der Waals surface area contributed by atoms with Crippen molar-refractivity contribution in [2.24, 2.45) is 0 Å². The highest BCUT2D eigenvalue weighted by molar-refractivity contribution is 5.66. The summed E-state index contributed by atoms with van der Waals surface area (Å²) in [5.41, 5.74) is 2.18. The van der Waals surface area contributed by atoms with Crippen LogP contribution in [0.25, 0.3) is 5.70 Å². The molecular formula is C7H6N2O2. The molecule has 0 saturated heterocycles. The van der Waals surface area contributed by atoms with E-state index >= 15 is 0 Å². The highest BCUT2D eigenvalue weighted by Crippen LogP contribution is 2.34. The SMILES string of the molecule is C1=C2c3oncc3CN2CO1. The zero-order chi connectivity index (χ0) is 7.26. The summed E-state index contributed by atoms with van der Waals surface area (Å²) in [7, 11) is 0. The van der Waals surface area contributed by atoms with Crippen molar-refractivity contribution in [3.8, 4) is 0 Å². The van der Waals surface area contributed by atoms with Crippen LogP contribution in [-0.4, -0.2) is 16.8 Å². The van der Waals surface area contributed by atoms with Gasteiger partial charge in [0.25, 0.3) is 0 Å². The third-order valence-corrected chi connectivity index (χ3v) is 2.00. The molecule has 0 fully saturated rings. The minimum Gasteiger partial charge on any atom is -0.478 e. The molecule has 3 heterocycles. The van der Waals surface area contributed by atoms with Crippen molar-refractivity contribution in [3.05, 3.63) is 23.8 Å². The first-order valence-corrected chi connectivity index (χ1v) is 3.46. The fourth-order valence-corrected chi connectivity index (χ4v) is 1.47. The monoisotopic (exact) mass is 150 g/mol. The molecule has 2 aliphatic rings. The van der Waals surface area contributed by atoms with Crippen molar-refractivity contribution in [2.75, 3.05) is 6.73 Å². The van der Waals surface area contributed by atoms with Crippen LogP contribution in [0.1, 0.15) is 11.3 Å². The largest absolute Gasteiger partial charge is 0.478 e. The number of fused-ring (bicyclic) bond motifs is 3. The van der Waals surface area contributed by atoms with Crippen LogP contribution in [0.2, 0.25) is 0 Å². The van der Waals surface area contributed by atoms with Gasteiger partial charge in [-0.3, -0.25) is 0 Å². The first kappa shape index (κ1) is 5.23. The minimum atomic E-state index is 0.638. The Kier molecular flexibility index (Phi) is 0.753. The Morgan fingerprint density at radius 3 is 3.55 bits per heavy atom. The van der Waals surface area contributed by atoms with E-state index in [9.17, 15) is 0 Å². The van der Waals surface area contributed by atoms with Gasteiger partial charge in [-0.2, -0.15) is 0 Å². The van der Waals surface area contributed by atoms with Crippen LogP contribution < -0.4 is 0 Å². The number of rotatable bonds is 0. The van der Waals surface area contributed by atoms with Gasteiger partial charge in [0.2, 0.25) is 0 Å². The predicted molar refractivity (Wildman–Crippen MR) is 36.0 cm³/mol. The molecule has 0 aliphatic carbocycles. The van der Waals surface area contributed by atoms with Crippen LogP contribution >= 0.6 is 0 Å². The highest BCUT2D eigenvalue weighted by atomic mass is 16.5. The smallest absolute Gasteiger partial charge is 0.191 e. The third-order valence-electron chi connectivity index (χ3n) is 2.00. The van der Waals surface area contributed by atoms with E-state index in [0.717, 1.165) is 23.6 Å². The molecule has 0 radical (unpaired) electrons. The van der Waals surface area contributed by atoms with E-state index in [4.69, 9.17) is 9.26 Å². The quantitative estimate of drug-likeness (QED) is 0.547. The van der Waals surface area contributed by atoms with Gasteiger partial charge in [-0.1, -0.05) is 5.16 Å². The molecule has 4 heteroatoms. The van der Waals surface area contributed by atoms with Gasteiger partial charge in [-0.15, -0.1) is 0 Å². The maximum absolute atomic E-state index is 5.11. The van der Waals surface area contributed by atoms with Gasteiger partial charge >= 0.3 is 0 Å². The molecule has 1 aromatic heterocycles. The third kappa shape index (κ3) is 0.520. The maximum Gasteiger partial charge on any atom is 0.191 e. The lowest BCUT2D eigenvalue weighted by Gasteiger charge is -2.08. The summed E-state index contributed by atoms with van der Waals surface area (Å²) in [4.78, 5) is 2.11. The maximum atomic E-state index is 5.11. The Labute approximate surface area is 63.0 Å². The van der Waals surface area contributed by atoms with Crippen LogP contribution in [0.3, 0.4) is 0 Å². The molecule has 0 N–H and O–H groups in total. The van der Waals surface area contributed by atoms with Crippen LogP contribution in [0.5, 0.6) is 0 Å². The number of hydrogen-bond acceptors (Lipinski definition) is 4. The molecule has 2 aliphatic heterocycles. The molecule has 0 unspecified atom stereocenters. The van der Waals surface area contributed by atoms with Crippen LogP contribution in [0.15, 0.2) is 17.0 Å². The number of hydrogen-bond donors (Lipinski definition) is 0. The van der Waals surface area contributed by atoms with Gasteiger partial charge in [0.1, 0.15) is 12.0 Å². The van der Waals surface area contributed by atoms with E-state index in [-0.39, 0.29) is 0 Å². The number of nitrogens with zero attached hydrogens (tertiary/aromatic N) is 2. The summed E-state index contributed by atoms with van der Waals surface area (Å²) in [6.07, 6.45) is 3.48. The van der Waals surface area contributed by atoms with Crippen molar-refractivity contribution in [1.29, 1.82) is 0 Å². The molecule has 0 bridgehead atoms. The molecule has 56 valence electrons. The topological polar surface area (TPSA) is 38.5 Å². The summed E-state index contributed by atoms with van der Waals surface area (Å²) < 4.78 is 10.2. The molecular weight excluding hydrogens is 144 g/mol. The van der Waals surface area contributed by atoms with Crippen molar-refractivity contribution in [2.45, 2.75) is 6.54 Å². The van der Waals surface area contributed by atoms with Gasteiger partial charge in [0.15, 0.2) is 12.5 Å². The molecule has 3 rings (SSSR count). The van der Waals surface area contributed by atoms with E-state index in [2.05, 4.69) is 10.1 Å². The van der Waals surface area contributed by atoms with Crippen molar-refractivity contribution < 1.29 is 9.26 Å². The average Bonchev–Trinajstić information content (AvgIpc) is 2.52. The molecule has 0 saturated carbocycles. The van der Waals surface area contributed by atoms with Crippen LogP contribution in [-0.2, 0) is 11.3 Å². The van der Waals surface area contributed by atoms with E-state index in [1.165, 1.54) is 0 Å². The van der Waals surface area contributed by atoms with Crippen molar-refractivity contribution in [3.63, 3.8) is 0 Å². The standard InChI is InChI=1S/C7H6N2O2/c1-5-2-9-4-10-3-6(9)7(5)11-8-1/h1,3H,2,4H2. The Morgan fingerprint density at radius 2 is 2.55 bits per heavy atom. The van der Waals surface area contributed by atoms with Crippen molar-refractivity contribution in [1.82, 2.24) is 10.1 Å². The fourth-order valence-electron chi connectivity index (χ4n) is 1.47. The number of ether oxygens (including phenoxy) is 1. The Bertz CT molecular complexity index is 329. The normalized spacial score (nSPS) is 19.3. The van der Waals surface area contributed by atoms with Gasteiger partial charge in [-0.05, 0) is 0 Å². The van der Waals surface area contributed by atoms with Gasteiger partial charge in [-0.25, -0.2) is 0 Å². The highest BCUT2D eigenvalue weighted by Gasteiger charge is 2.31. The molecule has 4 nitrogen and oxygen atoms in total.